The summed E-state index contributed by atoms with van der Waals surface area (Å²) in [5, 5.41) is 2.45. The summed E-state index contributed by atoms with van der Waals surface area (Å²) < 4.78 is 0. The molecule has 3 nitrogen and oxygen atoms in total. The number of carbonyl (C=O) groups excluding carboxylic acids is 2. The van der Waals surface area contributed by atoms with Crippen molar-refractivity contribution >= 4 is 11.8 Å². The average Bonchev–Trinajstić information content (AvgIpc) is 2.54. The van der Waals surface area contributed by atoms with Crippen molar-refractivity contribution in [2.45, 2.75) is 26.2 Å². The number of amides is 2. The zero-order chi connectivity index (χ0) is 15.1. The molecule has 0 radical (unpaired) electrons. The fourth-order valence-electron chi connectivity index (χ4n) is 2.14. The van der Waals surface area contributed by atoms with Gasteiger partial charge >= 0.3 is 0 Å². The molecule has 2 rings (SSSR count). The van der Waals surface area contributed by atoms with Crippen LogP contribution in [-0.4, -0.2) is 11.8 Å². The zero-order valence-electron chi connectivity index (χ0n) is 12.1. The zero-order valence-corrected chi connectivity index (χ0v) is 12.1. The molecule has 0 unspecified atom stereocenters. The van der Waals surface area contributed by atoms with Crippen molar-refractivity contribution in [1.29, 1.82) is 0 Å². The van der Waals surface area contributed by atoms with Crippen molar-refractivity contribution < 1.29 is 9.59 Å². The molecule has 0 saturated carbocycles. The Kier molecular flexibility index (Phi) is 5.27. The SMILES string of the molecule is CCCC=C1CC=CC=C1C(=O)NC(=O)c1ccccc1. The Morgan fingerprint density at radius 2 is 1.95 bits per heavy atom. The van der Waals surface area contributed by atoms with Gasteiger partial charge < -0.3 is 0 Å². The molecule has 1 aliphatic carbocycles. The maximum atomic E-state index is 12.3. The van der Waals surface area contributed by atoms with Crippen LogP contribution in [-0.2, 0) is 4.79 Å². The highest BCUT2D eigenvalue weighted by Gasteiger charge is 2.18. The first kappa shape index (κ1) is 15.0. The molecule has 0 saturated heterocycles. The Morgan fingerprint density at radius 1 is 1.19 bits per heavy atom. The third kappa shape index (κ3) is 4.02. The quantitative estimate of drug-likeness (QED) is 0.858. The van der Waals surface area contributed by atoms with Crippen molar-refractivity contribution in [2.24, 2.45) is 0 Å². The molecule has 21 heavy (non-hydrogen) atoms. The molecule has 1 aromatic carbocycles. The van der Waals surface area contributed by atoms with Gasteiger partial charge in [0, 0.05) is 11.1 Å². The van der Waals surface area contributed by atoms with E-state index in [9.17, 15) is 9.59 Å². The number of unbranched alkanes of at least 4 members (excludes halogenated alkanes) is 1. The number of carbonyl (C=O) groups is 2. The molecule has 2 amide bonds. The van der Waals surface area contributed by atoms with Crippen LogP contribution in [0.2, 0.25) is 0 Å². The Bertz CT molecular complexity index is 609. The number of imide groups is 1. The smallest absolute Gasteiger partial charge is 0.258 e. The van der Waals surface area contributed by atoms with Crippen LogP contribution in [0.4, 0.5) is 0 Å². The van der Waals surface area contributed by atoms with Crippen molar-refractivity contribution in [3.05, 3.63) is 71.3 Å². The maximum Gasteiger partial charge on any atom is 0.258 e. The van der Waals surface area contributed by atoms with Gasteiger partial charge in [0.05, 0.1) is 0 Å². The first-order chi connectivity index (χ1) is 10.2. The van der Waals surface area contributed by atoms with E-state index in [4.69, 9.17) is 0 Å². The molecule has 1 N–H and O–H groups in total. The van der Waals surface area contributed by atoms with Crippen molar-refractivity contribution in [1.82, 2.24) is 5.32 Å². The van der Waals surface area contributed by atoms with Crippen LogP contribution < -0.4 is 5.32 Å². The Hall–Kier alpha value is -2.42. The molecule has 1 aliphatic rings. The van der Waals surface area contributed by atoms with Gasteiger partial charge in [-0.25, -0.2) is 0 Å². The first-order valence-corrected chi connectivity index (χ1v) is 7.19. The molecule has 0 heterocycles. The lowest BCUT2D eigenvalue weighted by molar-refractivity contribution is -0.116. The molecule has 0 bridgehead atoms. The van der Waals surface area contributed by atoms with E-state index < -0.39 is 0 Å². The molecule has 0 atom stereocenters. The van der Waals surface area contributed by atoms with Crippen molar-refractivity contribution in [3.8, 4) is 0 Å². The minimum absolute atomic E-state index is 0.337. The van der Waals surface area contributed by atoms with E-state index in [2.05, 4.69) is 18.3 Å². The van der Waals surface area contributed by atoms with Gasteiger partial charge in [0.25, 0.3) is 11.8 Å². The first-order valence-electron chi connectivity index (χ1n) is 7.19. The van der Waals surface area contributed by atoms with Gasteiger partial charge in [-0.1, -0.05) is 49.8 Å². The fraction of sp³-hybridized carbons (Fsp3) is 0.222. The molecule has 0 aromatic heterocycles. The van der Waals surface area contributed by atoms with Crippen molar-refractivity contribution in [3.63, 3.8) is 0 Å². The summed E-state index contributed by atoms with van der Waals surface area (Å²) in [5.74, 6) is -0.707. The second-order valence-corrected chi connectivity index (χ2v) is 4.88. The standard InChI is InChI=1S/C18H19NO2/c1-2-3-9-14-10-7-8-13-16(14)18(21)19-17(20)15-11-5-4-6-12-15/h4-9,11-13H,2-3,10H2,1H3,(H,19,20,21). The Morgan fingerprint density at radius 3 is 2.67 bits per heavy atom. The van der Waals surface area contributed by atoms with Gasteiger partial charge in [-0.05, 0) is 36.6 Å². The normalized spacial score (nSPS) is 15.7. The van der Waals surface area contributed by atoms with Gasteiger partial charge in [-0.2, -0.15) is 0 Å². The van der Waals surface area contributed by atoms with Crippen LogP contribution in [0.1, 0.15) is 36.5 Å². The third-order valence-corrected chi connectivity index (χ3v) is 3.27. The van der Waals surface area contributed by atoms with Gasteiger partial charge in [0.15, 0.2) is 0 Å². The van der Waals surface area contributed by atoms with Crippen LogP contribution in [0.15, 0.2) is 65.8 Å². The predicted octanol–water partition coefficient (Wildman–Crippen LogP) is 3.56. The monoisotopic (exact) mass is 281 g/mol. The van der Waals surface area contributed by atoms with Crippen LogP contribution in [0.25, 0.3) is 0 Å². The lowest BCUT2D eigenvalue weighted by atomic mass is 9.96. The highest BCUT2D eigenvalue weighted by Crippen LogP contribution is 2.21. The second-order valence-electron chi connectivity index (χ2n) is 4.88. The average molecular weight is 281 g/mol. The van der Waals surface area contributed by atoms with Gasteiger partial charge in [0.2, 0.25) is 0 Å². The summed E-state index contributed by atoms with van der Waals surface area (Å²) in [6, 6.07) is 8.75. The molecule has 0 fully saturated rings. The largest absolute Gasteiger partial charge is 0.288 e. The number of nitrogens with one attached hydrogen (secondary N) is 1. The van der Waals surface area contributed by atoms with Gasteiger partial charge in [-0.15, -0.1) is 0 Å². The van der Waals surface area contributed by atoms with E-state index in [0.717, 1.165) is 24.8 Å². The summed E-state index contributed by atoms with van der Waals surface area (Å²) in [6.45, 7) is 2.10. The summed E-state index contributed by atoms with van der Waals surface area (Å²) >= 11 is 0. The molecule has 0 aliphatic heterocycles. The minimum Gasteiger partial charge on any atom is -0.288 e. The second kappa shape index (κ2) is 7.39. The van der Waals surface area contributed by atoms with E-state index in [1.54, 1.807) is 30.3 Å². The van der Waals surface area contributed by atoms with E-state index in [1.165, 1.54) is 0 Å². The topological polar surface area (TPSA) is 46.2 Å². The number of hydrogen-bond acceptors (Lipinski definition) is 2. The lowest BCUT2D eigenvalue weighted by Crippen LogP contribution is -2.32. The third-order valence-electron chi connectivity index (χ3n) is 3.27. The highest BCUT2D eigenvalue weighted by atomic mass is 16.2. The maximum absolute atomic E-state index is 12.3. The fourth-order valence-corrected chi connectivity index (χ4v) is 2.14. The summed E-state index contributed by atoms with van der Waals surface area (Å²) in [7, 11) is 0. The Balaban J connectivity index is 2.10. The summed E-state index contributed by atoms with van der Waals surface area (Å²) in [6.07, 6.45) is 10.4. The van der Waals surface area contributed by atoms with E-state index >= 15 is 0 Å². The Labute approximate surface area is 125 Å². The van der Waals surface area contributed by atoms with Crippen LogP contribution in [0.5, 0.6) is 0 Å². The summed E-state index contributed by atoms with van der Waals surface area (Å²) in [4.78, 5) is 24.3. The predicted molar refractivity (Wildman–Crippen MR) is 83.7 cm³/mol. The lowest BCUT2D eigenvalue weighted by Gasteiger charge is -2.13. The minimum atomic E-state index is -0.370. The molecular weight excluding hydrogens is 262 g/mol. The number of rotatable bonds is 4. The van der Waals surface area contributed by atoms with E-state index in [-0.39, 0.29) is 11.8 Å². The summed E-state index contributed by atoms with van der Waals surface area (Å²) in [5.41, 5.74) is 2.05. The molecule has 108 valence electrons. The van der Waals surface area contributed by atoms with Crippen LogP contribution in [0, 0.1) is 0 Å². The molecule has 0 spiro atoms. The van der Waals surface area contributed by atoms with Gasteiger partial charge in [0.1, 0.15) is 0 Å². The van der Waals surface area contributed by atoms with Gasteiger partial charge in [-0.3, -0.25) is 14.9 Å². The van der Waals surface area contributed by atoms with Crippen molar-refractivity contribution in [2.75, 3.05) is 0 Å². The number of hydrogen-bond donors (Lipinski definition) is 1. The number of benzene rings is 1. The highest BCUT2D eigenvalue weighted by molar-refractivity contribution is 6.12. The molecular formula is C18H19NO2. The molecule has 1 aromatic rings. The number of allylic oxidation sites excluding steroid dienone is 4. The van der Waals surface area contributed by atoms with Crippen LogP contribution >= 0.6 is 0 Å². The van der Waals surface area contributed by atoms with Crippen LogP contribution in [0.3, 0.4) is 0 Å². The van der Waals surface area contributed by atoms with E-state index in [0.29, 0.717) is 11.1 Å². The molecule has 3 heteroatoms. The van der Waals surface area contributed by atoms with E-state index in [1.807, 2.05) is 18.2 Å².